The number of anilines is 2. The molecule has 7 heteroatoms. The van der Waals surface area contributed by atoms with Crippen LogP contribution in [-0.2, 0) is 10.1 Å². The standard InChI is InChI=1S/C8H19N.C6H8N2O3S/c1-5-7(3)9-8(4)6-2;7-4-1-2-5(8)6(3-4)12(9,10)11/h7-9H,5-6H2,1-4H3;1-3H,7-8H2,(H,9,10,11). The molecule has 1 aromatic carbocycles. The van der Waals surface area contributed by atoms with E-state index in [2.05, 4.69) is 33.0 Å². The average Bonchev–Trinajstić information content (AvgIpc) is 2.40. The van der Waals surface area contributed by atoms with Gasteiger partial charge < -0.3 is 21.3 Å². The lowest BCUT2D eigenvalue weighted by Crippen LogP contribution is -2.93. The van der Waals surface area contributed by atoms with Gasteiger partial charge in [-0.1, -0.05) is 13.8 Å². The smallest absolute Gasteiger partial charge is 0.126 e. The third kappa shape index (κ3) is 7.89. The quantitative estimate of drug-likeness (QED) is 0.549. The Morgan fingerprint density at radius 2 is 1.62 bits per heavy atom. The Morgan fingerprint density at radius 1 is 1.14 bits per heavy atom. The minimum Gasteiger partial charge on any atom is -0.744 e. The Morgan fingerprint density at radius 3 is 1.95 bits per heavy atom. The van der Waals surface area contributed by atoms with E-state index in [0.29, 0.717) is 0 Å². The van der Waals surface area contributed by atoms with Gasteiger partial charge in [-0.15, -0.1) is 0 Å². The molecule has 0 saturated heterocycles. The van der Waals surface area contributed by atoms with Crippen molar-refractivity contribution in [2.45, 2.75) is 57.5 Å². The van der Waals surface area contributed by atoms with Crippen molar-refractivity contribution < 1.29 is 18.3 Å². The highest BCUT2D eigenvalue weighted by molar-refractivity contribution is 7.86. The fourth-order valence-corrected chi connectivity index (χ4v) is 2.24. The summed E-state index contributed by atoms with van der Waals surface area (Å²) in [4.78, 5) is -0.470. The Kier molecular flexibility index (Phi) is 8.31. The van der Waals surface area contributed by atoms with Gasteiger partial charge in [0.05, 0.1) is 17.0 Å². The molecule has 1 aromatic rings. The molecule has 0 fully saturated rings. The second kappa shape index (κ2) is 8.86. The lowest BCUT2D eigenvalue weighted by Gasteiger charge is -2.12. The molecule has 1 rings (SSSR count). The molecule has 6 nitrogen and oxygen atoms in total. The van der Waals surface area contributed by atoms with E-state index in [4.69, 9.17) is 11.5 Å². The van der Waals surface area contributed by atoms with Crippen molar-refractivity contribution in [1.82, 2.24) is 0 Å². The lowest BCUT2D eigenvalue weighted by molar-refractivity contribution is -0.715. The van der Waals surface area contributed by atoms with E-state index in [1.54, 1.807) is 0 Å². The topological polar surface area (TPSA) is 126 Å². The molecule has 122 valence electrons. The molecule has 0 heterocycles. The normalized spacial score (nSPS) is 14.0. The first-order valence-corrected chi connectivity index (χ1v) is 8.48. The zero-order chi connectivity index (χ0) is 16.6. The van der Waals surface area contributed by atoms with Crippen molar-refractivity contribution in [3.63, 3.8) is 0 Å². The Balaban J connectivity index is 0.000000400. The largest absolute Gasteiger partial charge is 0.744 e. The Labute approximate surface area is 127 Å². The van der Waals surface area contributed by atoms with Gasteiger partial charge in [0.1, 0.15) is 10.1 Å². The van der Waals surface area contributed by atoms with Crippen LogP contribution in [0.4, 0.5) is 11.4 Å². The SMILES string of the molecule is CCC(C)[NH2+]C(C)CC.Nc1ccc(N)c(S(=O)(=O)[O-])c1. The van der Waals surface area contributed by atoms with Gasteiger partial charge in [-0.3, -0.25) is 0 Å². The summed E-state index contributed by atoms with van der Waals surface area (Å²) >= 11 is 0. The van der Waals surface area contributed by atoms with E-state index >= 15 is 0 Å². The van der Waals surface area contributed by atoms with Crippen LogP contribution in [0.2, 0.25) is 0 Å². The molecule has 0 bridgehead atoms. The first-order valence-electron chi connectivity index (χ1n) is 7.07. The number of nitrogens with two attached hydrogens (primary N) is 3. The summed E-state index contributed by atoms with van der Waals surface area (Å²) in [5.74, 6) is 0. The van der Waals surface area contributed by atoms with Crippen molar-refractivity contribution in [2.75, 3.05) is 11.5 Å². The molecule has 21 heavy (non-hydrogen) atoms. The fraction of sp³-hybridized carbons (Fsp3) is 0.571. The molecule has 2 unspecified atom stereocenters. The monoisotopic (exact) mass is 317 g/mol. The predicted molar refractivity (Wildman–Crippen MR) is 84.7 cm³/mol. The van der Waals surface area contributed by atoms with E-state index < -0.39 is 15.0 Å². The third-order valence-electron chi connectivity index (χ3n) is 3.25. The number of hydrogen-bond donors (Lipinski definition) is 3. The van der Waals surface area contributed by atoms with E-state index in [1.165, 1.54) is 25.0 Å². The van der Waals surface area contributed by atoms with Gasteiger partial charge in [-0.25, -0.2) is 8.42 Å². The maximum absolute atomic E-state index is 10.5. The number of rotatable bonds is 5. The summed E-state index contributed by atoms with van der Waals surface area (Å²) < 4.78 is 31.5. The van der Waals surface area contributed by atoms with Crippen LogP contribution in [0.5, 0.6) is 0 Å². The maximum atomic E-state index is 10.5. The Hall–Kier alpha value is -1.31. The zero-order valence-corrected chi connectivity index (χ0v) is 14.0. The van der Waals surface area contributed by atoms with Crippen LogP contribution in [0.15, 0.2) is 23.1 Å². The average molecular weight is 317 g/mol. The van der Waals surface area contributed by atoms with Crippen molar-refractivity contribution in [2.24, 2.45) is 0 Å². The molecule has 2 atom stereocenters. The maximum Gasteiger partial charge on any atom is 0.126 e. The molecule has 0 amide bonds. The second-order valence-corrected chi connectivity index (χ2v) is 6.56. The molecule has 6 N–H and O–H groups in total. The van der Waals surface area contributed by atoms with Gasteiger partial charge in [-0.2, -0.15) is 0 Å². The van der Waals surface area contributed by atoms with Crippen molar-refractivity contribution >= 4 is 21.5 Å². The van der Waals surface area contributed by atoms with Gasteiger partial charge in [-0.05, 0) is 44.9 Å². The van der Waals surface area contributed by atoms with Crippen LogP contribution >= 0.6 is 0 Å². The molecule has 0 aliphatic carbocycles. The second-order valence-electron chi connectivity index (χ2n) is 5.21. The van der Waals surface area contributed by atoms with Gasteiger partial charge in [0.25, 0.3) is 0 Å². The van der Waals surface area contributed by atoms with Crippen LogP contribution < -0.4 is 16.8 Å². The van der Waals surface area contributed by atoms with E-state index in [-0.39, 0.29) is 11.4 Å². The minimum atomic E-state index is -4.51. The van der Waals surface area contributed by atoms with Gasteiger partial charge in [0.2, 0.25) is 0 Å². The molecular weight excluding hydrogens is 290 g/mol. The zero-order valence-electron chi connectivity index (χ0n) is 13.2. The molecular formula is C14H27N3O3S. The summed E-state index contributed by atoms with van der Waals surface area (Å²) in [6.45, 7) is 9.05. The van der Waals surface area contributed by atoms with Gasteiger partial charge in [0.15, 0.2) is 0 Å². The molecule has 0 spiro atoms. The summed E-state index contributed by atoms with van der Waals surface area (Å²) in [6, 6.07) is 5.35. The highest BCUT2D eigenvalue weighted by atomic mass is 32.2. The van der Waals surface area contributed by atoms with E-state index in [1.807, 2.05) is 0 Å². The molecule has 0 radical (unpaired) electrons. The van der Waals surface area contributed by atoms with Crippen molar-refractivity contribution in [3.8, 4) is 0 Å². The third-order valence-corrected chi connectivity index (χ3v) is 4.14. The summed E-state index contributed by atoms with van der Waals surface area (Å²) in [7, 11) is -4.51. The van der Waals surface area contributed by atoms with E-state index in [9.17, 15) is 13.0 Å². The van der Waals surface area contributed by atoms with Gasteiger partial charge in [0, 0.05) is 11.4 Å². The Bertz CT molecular complexity index is 524. The van der Waals surface area contributed by atoms with E-state index in [0.717, 1.165) is 18.2 Å². The van der Waals surface area contributed by atoms with Crippen LogP contribution in [0.1, 0.15) is 40.5 Å². The summed E-state index contributed by atoms with van der Waals surface area (Å²) in [5.41, 5.74) is 10.6. The highest BCUT2D eigenvalue weighted by Gasteiger charge is 2.06. The molecule has 0 saturated carbocycles. The number of benzene rings is 1. The fourth-order valence-electron chi connectivity index (χ4n) is 1.60. The lowest BCUT2D eigenvalue weighted by atomic mass is 10.2. The first kappa shape index (κ1) is 19.7. The highest BCUT2D eigenvalue weighted by Crippen LogP contribution is 2.20. The van der Waals surface area contributed by atoms with Crippen LogP contribution in [-0.4, -0.2) is 25.1 Å². The molecule has 0 aliphatic rings. The van der Waals surface area contributed by atoms with Crippen molar-refractivity contribution in [1.29, 1.82) is 0 Å². The number of nitrogen functional groups attached to an aromatic ring is 2. The number of quaternary nitrogens is 1. The molecule has 0 aliphatic heterocycles. The predicted octanol–water partition coefficient (Wildman–Crippen LogP) is 0.902. The van der Waals surface area contributed by atoms with Crippen LogP contribution in [0.25, 0.3) is 0 Å². The van der Waals surface area contributed by atoms with Gasteiger partial charge >= 0.3 is 0 Å². The van der Waals surface area contributed by atoms with Crippen molar-refractivity contribution in [3.05, 3.63) is 18.2 Å². The van der Waals surface area contributed by atoms with Crippen LogP contribution in [0.3, 0.4) is 0 Å². The number of hydrogen-bond acceptors (Lipinski definition) is 5. The first-order chi connectivity index (χ1) is 9.61. The summed E-state index contributed by atoms with van der Waals surface area (Å²) in [5, 5.41) is 2.44. The van der Waals surface area contributed by atoms with Crippen LogP contribution in [0, 0.1) is 0 Å². The summed E-state index contributed by atoms with van der Waals surface area (Å²) in [6.07, 6.45) is 2.56. The molecule has 0 aromatic heterocycles. The minimum absolute atomic E-state index is 0.0841.